The van der Waals surface area contributed by atoms with Crippen LogP contribution in [0.15, 0.2) is 24.3 Å². The maximum atomic E-state index is 12.8. The number of benzene rings is 1. The summed E-state index contributed by atoms with van der Waals surface area (Å²) >= 11 is 0. The number of halogens is 3. The number of hydroxylamine groups is 2. The van der Waals surface area contributed by atoms with E-state index in [0.717, 1.165) is 19.3 Å². The van der Waals surface area contributed by atoms with Crippen LogP contribution in [0.2, 0.25) is 0 Å². The summed E-state index contributed by atoms with van der Waals surface area (Å²) in [6.07, 6.45) is -5.26. The van der Waals surface area contributed by atoms with E-state index in [1.807, 2.05) is 25.9 Å². The Hall–Kier alpha value is -2.25. The smallest absolute Gasteiger partial charge is 0.379 e. The molecule has 1 aromatic rings. The van der Waals surface area contributed by atoms with Crippen LogP contribution in [0.25, 0.3) is 0 Å². The molecule has 9 nitrogen and oxygen atoms in total. The highest BCUT2D eigenvalue weighted by Gasteiger charge is 2.59. The second kappa shape index (κ2) is 10.6. The van der Waals surface area contributed by atoms with E-state index >= 15 is 0 Å². The van der Waals surface area contributed by atoms with Crippen molar-refractivity contribution in [3.8, 4) is 0 Å². The van der Waals surface area contributed by atoms with Crippen molar-refractivity contribution in [2.45, 2.75) is 56.3 Å². The number of carbonyl (C=O) groups is 2. The normalized spacial score (nSPS) is 22.7. The number of nitrogens with two attached hydrogens (primary N) is 1. The standard InChI is InChI=1S/C22H32F3N5O4/c1-4-11-33-13-16(28-19(32)21(9-10-21)29(2)3)12-27-18(31)15-7-5-14(6-8-15)17(26)30-20(34-30)22(23,24)25/h5-8,16-17,20H,4,9-13,26H2,1-3H3,(H,27,31)(H,28,32)/t16-,17?,20?,30?/m0/s1. The van der Waals surface area contributed by atoms with Gasteiger partial charge in [0.2, 0.25) is 5.91 Å². The Balaban J connectivity index is 1.54. The average molecular weight is 488 g/mol. The highest BCUT2D eigenvalue weighted by molar-refractivity contribution is 5.94. The number of nitrogens with one attached hydrogen (secondary N) is 2. The fraction of sp³-hybridized carbons (Fsp3) is 0.636. The largest absolute Gasteiger partial charge is 0.432 e. The van der Waals surface area contributed by atoms with E-state index in [1.54, 1.807) is 0 Å². The lowest BCUT2D eigenvalue weighted by molar-refractivity contribution is -0.148. The van der Waals surface area contributed by atoms with Crippen LogP contribution in [0.5, 0.6) is 0 Å². The van der Waals surface area contributed by atoms with Crippen LogP contribution < -0.4 is 16.4 Å². The number of ether oxygens (including phenoxy) is 1. The van der Waals surface area contributed by atoms with E-state index in [2.05, 4.69) is 15.5 Å². The van der Waals surface area contributed by atoms with Gasteiger partial charge in [0.25, 0.3) is 12.1 Å². The van der Waals surface area contributed by atoms with Crippen LogP contribution in [0.3, 0.4) is 0 Å². The van der Waals surface area contributed by atoms with Gasteiger partial charge in [-0.1, -0.05) is 19.1 Å². The Morgan fingerprint density at radius 3 is 2.44 bits per heavy atom. The van der Waals surface area contributed by atoms with Gasteiger partial charge in [0, 0.05) is 18.7 Å². The molecule has 4 N–H and O–H groups in total. The van der Waals surface area contributed by atoms with Gasteiger partial charge in [0.15, 0.2) is 0 Å². The van der Waals surface area contributed by atoms with Crippen LogP contribution in [0.1, 0.15) is 48.3 Å². The maximum Gasteiger partial charge on any atom is 0.432 e. The molecule has 1 heterocycles. The van der Waals surface area contributed by atoms with E-state index in [0.29, 0.717) is 22.8 Å². The number of alkyl halides is 3. The first-order valence-electron chi connectivity index (χ1n) is 11.2. The van der Waals surface area contributed by atoms with Gasteiger partial charge >= 0.3 is 6.18 Å². The third-order valence-corrected chi connectivity index (χ3v) is 5.99. The number of likely N-dealkylation sites (N-methyl/N-ethyl adjacent to an activating group) is 1. The predicted octanol–water partition coefficient (Wildman–Crippen LogP) is 1.51. The van der Waals surface area contributed by atoms with Gasteiger partial charge in [0.05, 0.1) is 18.2 Å². The number of hydrogen-bond donors (Lipinski definition) is 3. The van der Waals surface area contributed by atoms with E-state index in [9.17, 15) is 22.8 Å². The summed E-state index contributed by atoms with van der Waals surface area (Å²) in [4.78, 5) is 31.8. The molecular weight excluding hydrogens is 455 g/mol. The Kier molecular flexibility index (Phi) is 8.19. The van der Waals surface area contributed by atoms with Gasteiger partial charge in [-0.25, -0.2) is 0 Å². The van der Waals surface area contributed by atoms with Crippen LogP contribution in [0, 0.1) is 0 Å². The van der Waals surface area contributed by atoms with Crippen molar-refractivity contribution in [1.29, 1.82) is 0 Å². The predicted molar refractivity (Wildman–Crippen MR) is 117 cm³/mol. The summed E-state index contributed by atoms with van der Waals surface area (Å²) in [7, 11) is 3.73. The number of rotatable bonds is 12. The number of hydrogen-bond acceptors (Lipinski definition) is 7. The summed E-state index contributed by atoms with van der Waals surface area (Å²) in [6, 6.07) is 5.50. The fourth-order valence-electron chi connectivity index (χ4n) is 3.64. The number of carbonyl (C=O) groups excluding carboxylic acids is 2. The minimum Gasteiger partial charge on any atom is -0.379 e. The van der Waals surface area contributed by atoms with E-state index in [-0.39, 0.29) is 25.0 Å². The molecular formula is C22H32F3N5O4. The minimum absolute atomic E-state index is 0.0929. The molecule has 0 spiro atoms. The number of nitrogens with zero attached hydrogens (tertiary/aromatic N) is 2. The van der Waals surface area contributed by atoms with E-state index in [4.69, 9.17) is 10.5 Å². The van der Waals surface area contributed by atoms with Crippen LogP contribution in [-0.4, -0.2) is 79.6 Å². The fourth-order valence-corrected chi connectivity index (χ4v) is 3.64. The molecule has 1 saturated heterocycles. The third-order valence-electron chi connectivity index (χ3n) is 5.99. The molecule has 2 fully saturated rings. The van der Waals surface area contributed by atoms with Crippen LogP contribution in [0.4, 0.5) is 13.2 Å². The first kappa shape index (κ1) is 26.4. The molecule has 0 aromatic heterocycles. The molecule has 1 aliphatic carbocycles. The molecule has 2 aliphatic rings. The molecule has 190 valence electrons. The highest BCUT2D eigenvalue weighted by Crippen LogP contribution is 2.41. The Bertz CT molecular complexity index is 861. The molecule has 2 amide bonds. The van der Waals surface area contributed by atoms with Gasteiger partial charge in [-0.3, -0.25) is 19.3 Å². The first-order chi connectivity index (χ1) is 16.0. The lowest BCUT2D eigenvalue weighted by Gasteiger charge is -2.26. The molecule has 0 bridgehead atoms. The van der Waals surface area contributed by atoms with Crippen molar-refractivity contribution >= 4 is 11.8 Å². The van der Waals surface area contributed by atoms with Gasteiger partial charge in [0.1, 0.15) is 6.17 Å². The first-order valence-corrected chi connectivity index (χ1v) is 11.2. The maximum absolute atomic E-state index is 12.8. The van der Waals surface area contributed by atoms with Crippen molar-refractivity contribution in [1.82, 2.24) is 20.6 Å². The zero-order valence-corrected chi connectivity index (χ0v) is 19.5. The quantitative estimate of drug-likeness (QED) is 0.303. The van der Waals surface area contributed by atoms with Gasteiger partial charge in [-0.2, -0.15) is 13.2 Å². The average Bonchev–Trinajstić information content (AvgIpc) is 3.69. The summed E-state index contributed by atoms with van der Waals surface area (Å²) < 4.78 is 43.6. The second-order valence-electron chi connectivity index (χ2n) is 8.81. The molecule has 0 radical (unpaired) electrons. The Morgan fingerprint density at radius 1 is 1.29 bits per heavy atom. The second-order valence-corrected chi connectivity index (χ2v) is 8.81. The molecule has 12 heteroatoms. The van der Waals surface area contributed by atoms with Gasteiger partial charge in [-0.15, -0.1) is 5.06 Å². The SMILES string of the molecule is CCCOC[C@H](CNC(=O)c1ccc(C(N)N2OC2C(F)(F)F)cc1)NC(=O)C1(N(C)C)CC1. The number of amides is 2. The summed E-state index contributed by atoms with van der Waals surface area (Å²) in [5.41, 5.74) is 6.00. The molecule has 1 aliphatic heterocycles. The molecule has 4 atom stereocenters. The Morgan fingerprint density at radius 2 is 1.94 bits per heavy atom. The highest BCUT2D eigenvalue weighted by atomic mass is 19.4. The van der Waals surface area contributed by atoms with Crippen molar-refractivity contribution in [2.75, 3.05) is 33.9 Å². The lowest BCUT2D eigenvalue weighted by Crippen LogP contribution is -2.53. The minimum atomic E-state index is -4.52. The Labute approximate surface area is 196 Å². The summed E-state index contributed by atoms with van der Waals surface area (Å²) in [5, 5.41) is 6.41. The molecule has 34 heavy (non-hydrogen) atoms. The third kappa shape index (κ3) is 6.25. The topological polar surface area (TPSA) is 112 Å². The molecule has 1 saturated carbocycles. The lowest BCUT2D eigenvalue weighted by atomic mass is 10.1. The summed E-state index contributed by atoms with van der Waals surface area (Å²) in [6.45, 7) is 2.93. The van der Waals surface area contributed by atoms with Crippen molar-refractivity contribution < 1.29 is 32.3 Å². The molecule has 1 aromatic carbocycles. The monoisotopic (exact) mass is 487 g/mol. The van der Waals surface area contributed by atoms with Crippen LogP contribution >= 0.6 is 0 Å². The zero-order valence-electron chi connectivity index (χ0n) is 19.5. The van der Waals surface area contributed by atoms with Crippen molar-refractivity contribution in [2.24, 2.45) is 5.73 Å². The molecule has 3 unspecified atom stereocenters. The summed E-state index contributed by atoms with van der Waals surface area (Å²) in [5.74, 6) is -0.482. The van der Waals surface area contributed by atoms with E-state index in [1.165, 1.54) is 24.3 Å². The zero-order chi connectivity index (χ0) is 25.1. The van der Waals surface area contributed by atoms with Crippen molar-refractivity contribution in [3.05, 3.63) is 35.4 Å². The van der Waals surface area contributed by atoms with E-state index < -0.39 is 30.2 Å². The van der Waals surface area contributed by atoms with Crippen LogP contribution in [-0.2, 0) is 14.4 Å². The van der Waals surface area contributed by atoms with Crippen molar-refractivity contribution in [3.63, 3.8) is 0 Å². The van der Waals surface area contributed by atoms with Gasteiger partial charge in [-0.05, 0) is 51.1 Å². The molecule has 3 rings (SSSR count). The van der Waals surface area contributed by atoms with Gasteiger partial charge < -0.3 is 21.1 Å².